The van der Waals surface area contributed by atoms with Gasteiger partial charge in [0.1, 0.15) is 0 Å². The third-order valence-corrected chi connectivity index (χ3v) is 4.32. The standard InChI is InChI=1S/C17H29BrN2/c1-2-3-4-5-6-7-8-9-17(20-19)14-15-10-12-16(18)13-11-15/h10-13,17,20H,2-9,14,19H2,1H3. The van der Waals surface area contributed by atoms with Crippen LogP contribution in [0.1, 0.15) is 63.9 Å². The highest BCUT2D eigenvalue weighted by Gasteiger charge is 2.07. The summed E-state index contributed by atoms with van der Waals surface area (Å²) in [6, 6.07) is 8.91. The molecule has 1 rings (SSSR count). The number of halogens is 1. The zero-order chi connectivity index (χ0) is 14.6. The minimum atomic E-state index is 0.395. The van der Waals surface area contributed by atoms with Crippen LogP contribution in [0.4, 0.5) is 0 Å². The molecule has 1 atom stereocenters. The Hall–Kier alpha value is -0.380. The molecule has 0 aromatic heterocycles. The van der Waals surface area contributed by atoms with Gasteiger partial charge in [-0.15, -0.1) is 0 Å². The van der Waals surface area contributed by atoms with Crippen LogP contribution in [0.15, 0.2) is 28.7 Å². The van der Waals surface area contributed by atoms with Crippen molar-refractivity contribution >= 4 is 15.9 Å². The largest absolute Gasteiger partial charge is 0.271 e. The molecule has 0 radical (unpaired) electrons. The van der Waals surface area contributed by atoms with E-state index >= 15 is 0 Å². The number of unbranched alkanes of at least 4 members (excludes halogenated alkanes) is 6. The summed E-state index contributed by atoms with van der Waals surface area (Å²) in [6.45, 7) is 2.26. The third kappa shape index (κ3) is 8.03. The van der Waals surface area contributed by atoms with Gasteiger partial charge in [0.2, 0.25) is 0 Å². The Bertz CT molecular complexity index is 337. The van der Waals surface area contributed by atoms with Crippen LogP contribution in [0, 0.1) is 0 Å². The summed E-state index contributed by atoms with van der Waals surface area (Å²) < 4.78 is 1.13. The van der Waals surface area contributed by atoms with Crippen molar-refractivity contribution in [2.24, 2.45) is 5.84 Å². The van der Waals surface area contributed by atoms with Gasteiger partial charge in [0, 0.05) is 10.5 Å². The SMILES string of the molecule is CCCCCCCCCC(Cc1ccc(Br)cc1)NN. The fraction of sp³-hybridized carbons (Fsp3) is 0.647. The van der Waals surface area contributed by atoms with Crippen molar-refractivity contribution in [1.82, 2.24) is 5.43 Å². The van der Waals surface area contributed by atoms with Crippen molar-refractivity contribution in [3.63, 3.8) is 0 Å². The summed E-state index contributed by atoms with van der Waals surface area (Å²) in [5.74, 6) is 5.67. The molecule has 2 nitrogen and oxygen atoms in total. The number of nitrogens with two attached hydrogens (primary N) is 1. The van der Waals surface area contributed by atoms with E-state index in [0.717, 1.165) is 10.9 Å². The smallest absolute Gasteiger partial charge is 0.0250 e. The Morgan fingerprint density at radius 1 is 1.00 bits per heavy atom. The molecular formula is C17H29BrN2. The molecule has 0 heterocycles. The zero-order valence-corrected chi connectivity index (χ0v) is 14.3. The van der Waals surface area contributed by atoms with Gasteiger partial charge in [0.15, 0.2) is 0 Å². The van der Waals surface area contributed by atoms with Gasteiger partial charge < -0.3 is 0 Å². The van der Waals surface area contributed by atoms with Gasteiger partial charge in [-0.3, -0.25) is 11.3 Å². The highest BCUT2D eigenvalue weighted by molar-refractivity contribution is 9.10. The van der Waals surface area contributed by atoms with E-state index in [1.807, 2.05) is 0 Å². The maximum atomic E-state index is 5.67. The van der Waals surface area contributed by atoms with Crippen LogP contribution >= 0.6 is 15.9 Å². The highest BCUT2D eigenvalue weighted by Crippen LogP contribution is 2.15. The second-order valence-corrected chi connectivity index (χ2v) is 6.52. The molecule has 0 bridgehead atoms. The minimum absolute atomic E-state index is 0.395. The first kappa shape index (κ1) is 17.7. The summed E-state index contributed by atoms with van der Waals surface area (Å²) >= 11 is 3.47. The van der Waals surface area contributed by atoms with E-state index in [2.05, 4.69) is 52.5 Å². The average Bonchev–Trinajstić information content (AvgIpc) is 2.47. The average molecular weight is 341 g/mol. The Morgan fingerprint density at radius 2 is 1.60 bits per heavy atom. The molecule has 3 N–H and O–H groups in total. The highest BCUT2D eigenvalue weighted by atomic mass is 79.9. The molecule has 0 aliphatic carbocycles. The monoisotopic (exact) mass is 340 g/mol. The molecule has 0 aliphatic heterocycles. The van der Waals surface area contributed by atoms with Crippen molar-refractivity contribution < 1.29 is 0 Å². The summed E-state index contributed by atoms with van der Waals surface area (Å²) in [5, 5.41) is 0. The molecule has 3 heteroatoms. The fourth-order valence-electron chi connectivity index (χ4n) is 2.50. The van der Waals surface area contributed by atoms with Gasteiger partial charge in [0.25, 0.3) is 0 Å². The molecule has 0 fully saturated rings. The molecule has 114 valence electrons. The minimum Gasteiger partial charge on any atom is -0.271 e. The van der Waals surface area contributed by atoms with E-state index in [1.54, 1.807) is 0 Å². The fourth-order valence-corrected chi connectivity index (χ4v) is 2.76. The molecule has 0 amide bonds. The second-order valence-electron chi connectivity index (χ2n) is 5.60. The lowest BCUT2D eigenvalue weighted by atomic mass is 10.00. The van der Waals surface area contributed by atoms with Gasteiger partial charge >= 0.3 is 0 Å². The summed E-state index contributed by atoms with van der Waals surface area (Å²) in [6.07, 6.45) is 11.7. The number of hydrogen-bond donors (Lipinski definition) is 2. The normalized spacial score (nSPS) is 12.6. The lowest BCUT2D eigenvalue weighted by Gasteiger charge is -2.16. The predicted molar refractivity (Wildman–Crippen MR) is 91.6 cm³/mol. The molecular weight excluding hydrogens is 312 g/mol. The van der Waals surface area contributed by atoms with Crippen molar-refractivity contribution in [3.8, 4) is 0 Å². The maximum Gasteiger partial charge on any atom is 0.0250 e. The van der Waals surface area contributed by atoms with Crippen LogP contribution < -0.4 is 11.3 Å². The Morgan fingerprint density at radius 3 is 2.20 bits per heavy atom. The van der Waals surface area contributed by atoms with E-state index in [0.29, 0.717) is 6.04 Å². The second kappa shape index (κ2) is 11.3. The van der Waals surface area contributed by atoms with Gasteiger partial charge in [0.05, 0.1) is 0 Å². The van der Waals surface area contributed by atoms with Gasteiger partial charge in [-0.05, 0) is 30.5 Å². The number of nitrogens with one attached hydrogen (secondary N) is 1. The van der Waals surface area contributed by atoms with E-state index < -0.39 is 0 Å². The molecule has 0 aliphatic rings. The molecule has 20 heavy (non-hydrogen) atoms. The number of hydrazine groups is 1. The Kier molecular flexibility index (Phi) is 9.98. The molecule has 0 spiro atoms. The number of benzene rings is 1. The van der Waals surface area contributed by atoms with Crippen molar-refractivity contribution in [1.29, 1.82) is 0 Å². The molecule has 0 saturated carbocycles. The Labute approximate surface area is 132 Å². The van der Waals surface area contributed by atoms with E-state index in [-0.39, 0.29) is 0 Å². The molecule has 0 saturated heterocycles. The maximum absolute atomic E-state index is 5.67. The summed E-state index contributed by atoms with van der Waals surface area (Å²) in [7, 11) is 0. The van der Waals surface area contributed by atoms with Gasteiger partial charge in [-0.1, -0.05) is 79.9 Å². The lowest BCUT2D eigenvalue weighted by molar-refractivity contribution is 0.458. The first-order valence-electron chi connectivity index (χ1n) is 7.96. The lowest BCUT2D eigenvalue weighted by Crippen LogP contribution is -2.36. The van der Waals surface area contributed by atoms with Gasteiger partial charge in [-0.25, -0.2) is 0 Å². The van der Waals surface area contributed by atoms with Crippen LogP contribution in [-0.2, 0) is 6.42 Å². The Balaban J connectivity index is 2.14. The van der Waals surface area contributed by atoms with Crippen LogP contribution in [0.2, 0.25) is 0 Å². The topological polar surface area (TPSA) is 38.0 Å². The first-order valence-corrected chi connectivity index (χ1v) is 8.76. The molecule has 1 unspecified atom stereocenters. The first-order chi connectivity index (χ1) is 9.76. The van der Waals surface area contributed by atoms with Crippen LogP contribution in [0.3, 0.4) is 0 Å². The zero-order valence-electron chi connectivity index (χ0n) is 12.7. The number of hydrogen-bond acceptors (Lipinski definition) is 2. The van der Waals surface area contributed by atoms with Crippen LogP contribution in [-0.4, -0.2) is 6.04 Å². The molecule has 1 aromatic rings. The predicted octanol–water partition coefficient (Wildman–Crippen LogP) is 4.96. The van der Waals surface area contributed by atoms with E-state index in [9.17, 15) is 0 Å². The van der Waals surface area contributed by atoms with Crippen LogP contribution in [0.25, 0.3) is 0 Å². The van der Waals surface area contributed by atoms with Gasteiger partial charge in [-0.2, -0.15) is 0 Å². The third-order valence-electron chi connectivity index (χ3n) is 3.79. The number of rotatable bonds is 11. The van der Waals surface area contributed by atoms with E-state index in [1.165, 1.54) is 56.9 Å². The van der Waals surface area contributed by atoms with Crippen LogP contribution in [0.5, 0.6) is 0 Å². The summed E-state index contributed by atoms with van der Waals surface area (Å²) in [5.41, 5.74) is 4.31. The quantitative estimate of drug-likeness (QED) is 0.339. The molecule has 1 aromatic carbocycles. The van der Waals surface area contributed by atoms with Crippen molar-refractivity contribution in [3.05, 3.63) is 34.3 Å². The summed E-state index contributed by atoms with van der Waals surface area (Å²) in [4.78, 5) is 0. The van der Waals surface area contributed by atoms with E-state index in [4.69, 9.17) is 5.84 Å². The van der Waals surface area contributed by atoms with Crippen molar-refractivity contribution in [2.45, 2.75) is 70.8 Å². The van der Waals surface area contributed by atoms with Crippen molar-refractivity contribution in [2.75, 3.05) is 0 Å².